The van der Waals surface area contributed by atoms with Crippen LogP contribution in [0.25, 0.3) is 0 Å². The summed E-state index contributed by atoms with van der Waals surface area (Å²) in [6.45, 7) is 2.33. The van der Waals surface area contributed by atoms with Gasteiger partial charge < -0.3 is 10.1 Å². The van der Waals surface area contributed by atoms with Crippen molar-refractivity contribution in [3.63, 3.8) is 0 Å². The highest BCUT2D eigenvalue weighted by Crippen LogP contribution is 2.13. The minimum Gasteiger partial charge on any atom is -0.382 e. The molecule has 0 spiro atoms. The number of ether oxygens (including phenoxy) is 1. The molecular weight excluding hydrogens is 276 g/mol. The zero-order chi connectivity index (χ0) is 14.5. The van der Waals surface area contributed by atoms with Crippen molar-refractivity contribution >= 4 is 17.2 Å². The van der Waals surface area contributed by atoms with Gasteiger partial charge in [-0.3, -0.25) is 9.48 Å². The van der Waals surface area contributed by atoms with Crippen LogP contribution in [-0.4, -0.2) is 34.4 Å². The average molecular weight is 294 g/mol. The van der Waals surface area contributed by atoms with Gasteiger partial charge in [-0.25, -0.2) is 4.98 Å². The number of hydrogen-bond donors (Lipinski definition) is 1. The Morgan fingerprint density at radius 2 is 2.40 bits per heavy atom. The van der Waals surface area contributed by atoms with Crippen LogP contribution in [0.3, 0.4) is 0 Å². The number of methoxy groups -OCH3 is 1. The molecule has 2 aromatic rings. The zero-order valence-corrected chi connectivity index (χ0v) is 12.6. The highest BCUT2D eigenvalue weighted by molar-refractivity contribution is 7.09. The van der Waals surface area contributed by atoms with Crippen molar-refractivity contribution in [3.8, 4) is 0 Å². The molecule has 0 radical (unpaired) electrons. The van der Waals surface area contributed by atoms with Crippen LogP contribution >= 0.6 is 11.3 Å². The van der Waals surface area contributed by atoms with Crippen molar-refractivity contribution in [3.05, 3.63) is 34.0 Å². The summed E-state index contributed by atoms with van der Waals surface area (Å²) in [5.74, 6) is -0.0708. The van der Waals surface area contributed by atoms with Gasteiger partial charge in [-0.2, -0.15) is 5.10 Å². The molecule has 108 valence electrons. The quantitative estimate of drug-likeness (QED) is 0.870. The number of nitrogens with zero attached hydrogens (tertiary/aromatic N) is 3. The van der Waals surface area contributed by atoms with E-state index in [-0.39, 0.29) is 18.4 Å². The van der Waals surface area contributed by atoms with Crippen LogP contribution in [0, 0.1) is 6.92 Å². The van der Waals surface area contributed by atoms with E-state index in [0.29, 0.717) is 6.61 Å². The van der Waals surface area contributed by atoms with Gasteiger partial charge in [-0.05, 0) is 13.0 Å². The number of hydrogen-bond acceptors (Lipinski definition) is 5. The first-order valence-corrected chi connectivity index (χ1v) is 7.15. The molecule has 0 unspecified atom stereocenters. The topological polar surface area (TPSA) is 69.0 Å². The van der Waals surface area contributed by atoms with Gasteiger partial charge in [0, 0.05) is 25.7 Å². The van der Waals surface area contributed by atoms with Gasteiger partial charge >= 0.3 is 0 Å². The van der Waals surface area contributed by atoms with Crippen molar-refractivity contribution in [1.82, 2.24) is 20.1 Å². The zero-order valence-electron chi connectivity index (χ0n) is 11.8. The molecule has 0 aliphatic rings. The van der Waals surface area contributed by atoms with E-state index in [4.69, 9.17) is 4.74 Å². The summed E-state index contributed by atoms with van der Waals surface area (Å²) in [4.78, 5) is 16.4. The lowest BCUT2D eigenvalue weighted by molar-refractivity contribution is -0.121. The van der Waals surface area contributed by atoms with E-state index in [0.717, 1.165) is 16.4 Å². The molecule has 0 aromatic carbocycles. The lowest BCUT2D eigenvalue weighted by Crippen LogP contribution is -2.33. The molecule has 0 bridgehead atoms. The summed E-state index contributed by atoms with van der Waals surface area (Å²) in [7, 11) is 3.45. The number of rotatable bonds is 6. The smallest absolute Gasteiger partial charge is 0.226 e. The Kier molecular flexibility index (Phi) is 4.86. The third-order valence-electron chi connectivity index (χ3n) is 2.89. The van der Waals surface area contributed by atoms with E-state index in [9.17, 15) is 4.79 Å². The van der Waals surface area contributed by atoms with Crippen LogP contribution < -0.4 is 5.32 Å². The molecule has 2 rings (SSSR count). The Morgan fingerprint density at radius 3 is 2.95 bits per heavy atom. The first-order chi connectivity index (χ1) is 9.60. The predicted molar refractivity (Wildman–Crippen MR) is 76.5 cm³/mol. The molecule has 0 saturated heterocycles. The number of aromatic nitrogens is 3. The van der Waals surface area contributed by atoms with Crippen molar-refractivity contribution in [2.24, 2.45) is 7.05 Å². The Labute approximate surface area is 121 Å². The second-order valence-corrected chi connectivity index (χ2v) is 5.55. The van der Waals surface area contributed by atoms with E-state index in [1.807, 2.05) is 25.4 Å². The minimum absolute atomic E-state index is 0.0708. The van der Waals surface area contributed by atoms with E-state index < -0.39 is 0 Å². The third-order valence-corrected chi connectivity index (χ3v) is 3.71. The molecule has 2 heterocycles. The number of aryl methyl sites for hydroxylation is 2. The van der Waals surface area contributed by atoms with Crippen LogP contribution in [0.5, 0.6) is 0 Å². The minimum atomic E-state index is -0.209. The third kappa shape index (κ3) is 3.64. The molecule has 0 aliphatic carbocycles. The molecule has 1 atom stereocenters. The molecule has 20 heavy (non-hydrogen) atoms. The van der Waals surface area contributed by atoms with Gasteiger partial charge in [0.2, 0.25) is 5.91 Å². The van der Waals surface area contributed by atoms with Crippen LogP contribution in [-0.2, 0) is 23.0 Å². The fourth-order valence-corrected chi connectivity index (χ4v) is 2.61. The molecule has 1 amide bonds. The molecule has 6 nitrogen and oxygen atoms in total. The fourth-order valence-electron chi connectivity index (χ4n) is 1.99. The highest BCUT2D eigenvalue weighted by atomic mass is 32.1. The number of carbonyl (C=O) groups is 1. The van der Waals surface area contributed by atoms with Crippen molar-refractivity contribution < 1.29 is 9.53 Å². The fraction of sp³-hybridized carbons (Fsp3) is 0.462. The first kappa shape index (κ1) is 14.7. The van der Waals surface area contributed by atoms with Crippen molar-refractivity contribution in [2.45, 2.75) is 19.4 Å². The molecule has 1 N–H and O–H groups in total. The van der Waals surface area contributed by atoms with E-state index in [2.05, 4.69) is 15.4 Å². The van der Waals surface area contributed by atoms with Crippen LogP contribution in [0.1, 0.15) is 22.4 Å². The molecule has 7 heteroatoms. The maximum absolute atomic E-state index is 12.1. The SMILES string of the molecule is COC[C@@H](NC(=O)Cc1csc(C)n1)c1ccnn1C. The largest absolute Gasteiger partial charge is 0.382 e. The Hall–Kier alpha value is -1.73. The van der Waals surface area contributed by atoms with Crippen molar-refractivity contribution in [1.29, 1.82) is 0 Å². The highest BCUT2D eigenvalue weighted by Gasteiger charge is 2.18. The van der Waals surface area contributed by atoms with Crippen LogP contribution in [0.4, 0.5) is 0 Å². The second-order valence-electron chi connectivity index (χ2n) is 4.49. The summed E-state index contributed by atoms with van der Waals surface area (Å²) in [6, 6.07) is 1.66. The van der Waals surface area contributed by atoms with Gasteiger partial charge in [0.25, 0.3) is 0 Å². The normalized spacial score (nSPS) is 12.3. The molecule has 0 aliphatic heterocycles. The van der Waals surface area contributed by atoms with Gasteiger partial charge in [0.05, 0.1) is 35.5 Å². The second kappa shape index (κ2) is 6.62. The summed E-state index contributed by atoms with van der Waals surface area (Å²) >= 11 is 1.55. The van der Waals surface area contributed by atoms with E-state index >= 15 is 0 Å². The maximum atomic E-state index is 12.1. The Bertz CT molecular complexity index is 578. The van der Waals surface area contributed by atoms with Crippen LogP contribution in [0.2, 0.25) is 0 Å². The maximum Gasteiger partial charge on any atom is 0.226 e. The lowest BCUT2D eigenvalue weighted by Gasteiger charge is -2.18. The molecule has 0 saturated carbocycles. The van der Waals surface area contributed by atoms with E-state index in [1.54, 1.807) is 29.3 Å². The average Bonchev–Trinajstić information content (AvgIpc) is 2.98. The number of amides is 1. The van der Waals surface area contributed by atoms with Gasteiger partial charge in [0.1, 0.15) is 0 Å². The summed E-state index contributed by atoms with van der Waals surface area (Å²) in [5.41, 5.74) is 1.71. The van der Waals surface area contributed by atoms with Crippen molar-refractivity contribution in [2.75, 3.05) is 13.7 Å². The monoisotopic (exact) mass is 294 g/mol. The standard InChI is InChI=1S/C13H18N4O2S/c1-9-15-10(8-20-9)6-13(18)16-11(7-19-3)12-4-5-14-17(12)2/h4-5,8,11H,6-7H2,1-3H3,(H,16,18)/t11-/m1/s1. The lowest BCUT2D eigenvalue weighted by atomic mass is 10.2. The summed E-state index contributed by atoms with van der Waals surface area (Å²) in [5, 5.41) is 9.94. The number of thiazole rings is 1. The molecule has 0 fully saturated rings. The molecule has 2 aromatic heterocycles. The van der Waals surface area contributed by atoms with Gasteiger partial charge in [-0.15, -0.1) is 11.3 Å². The van der Waals surface area contributed by atoms with E-state index in [1.165, 1.54) is 0 Å². The summed E-state index contributed by atoms with van der Waals surface area (Å²) in [6.07, 6.45) is 1.98. The molecular formula is C13H18N4O2S. The van der Waals surface area contributed by atoms with Gasteiger partial charge in [0.15, 0.2) is 0 Å². The van der Waals surface area contributed by atoms with Gasteiger partial charge in [-0.1, -0.05) is 0 Å². The Balaban J connectivity index is 2.01. The van der Waals surface area contributed by atoms with Crippen LogP contribution in [0.15, 0.2) is 17.6 Å². The predicted octanol–water partition coefficient (Wildman–Crippen LogP) is 1.23. The first-order valence-electron chi connectivity index (χ1n) is 6.27. The number of carbonyl (C=O) groups excluding carboxylic acids is 1. The Morgan fingerprint density at radius 1 is 1.60 bits per heavy atom. The number of nitrogens with one attached hydrogen (secondary N) is 1. The summed E-state index contributed by atoms with van der Waals surface area (Å²) < 4.78 is 6.90.